The summed E-state index contributed by atoms with van der Waals surface area (Å²) in [5, 5.41) is 11.5. The molecule has 1 amide bonds. The van der Waals surface area contributed by atoms with E-state index in [1.54, 1.807) is 14.2 Å². The van der Waals surface area contributed by atoms with Crippen molar-refractivity contribution in [2.75, 3.05) is 27.2 Å². The van der Waals surface area contributed by atoms with Gasteiger partial charge in [0.25, 0.3) is 0 Å². The van der Waals surface area contributed by atoms with Crippen molar-refractivity contribution in [1.82, 2.24) is 25.3 Å². The maximum absolute atomic E-state index is 12.8. The zero-order chi connectivity index (χ0) is 22.3. The van der Waals surface area contributed by atoms with Crippen molar-refractivity contribution in [3.8, 4) is 11.4 Å². The molecule has 0 spiro atoms. The standard InChI is InChI=1S/C24H34N6O2.HI/c1-25-24(27-20-12-14-29(17-20)23(31)18-6-4-3-5-7-18)26-16-19-13-15-30(28-19)21-8-10-22(32-2)11-9-21;/h8-11,13,15,18,20H,3-7,12,14,16-17H2,1-2H3,(H2,25,26,27);1H. The van der Waals surface area contributed by atoms with Crippen LogP contribution in [0.2, 0.25) is 0 Å². The molecule has 0 radical (unpaired) electrons. The average Bonchev–Trinajstić information content (AvgIpc) is 3.52. The Balaban J connectivity index is 0.00000306. The van der Waals surface area contributed by atoms with E-state index in [0.717, 1.165) is 55.4 Å². The number of likely N-dealkylation sites (tertiary alicyclic amines) is 1. The Bertz CT molecular complexity index is 923. The molecule has 180 valence electrons. The molecule has 0 bridgehead atoms. The van der Waals surface area contributed by atoms with E-state index in [-0.39, 0.29) is 35.9 Å². The molecule has 1 aliphatic heterocycles. The Morgan fingerprint density at radius 2 is 1.91 bits per heavy atom. The van der Waals surface area contributed by atoms with Crippen LogP contribution < -0.4 is 15.4 Å². The molecule has 1 aromatic carbocycles. The summed E-state index contributed by atoms with van der Waals surface area (Å²) in [6.07, 6.45) is 8.66. The molecular formula is C24H35IN6O2. The molecular weight excluding hydrogens is 531 g/mol. The molecule has 9 heteroatoms. The lowest BCUT2D eigenvalue weighted by Crippen LogP contribution is -2.45. The summed E-state index contributed by atoms with van der Waals surface area (Å²) in [5.74, 6) is 2.14. The normalized spacial score (nSPS) is 19.2. The fourth-order valence-electron chi connectivity index (χ4n) is 4.58. The lowest BCUT2D eigenvalue weighted by atomic mass is 9.88. The summed E-state index contributed by atoms with van der Waals surface area (Å²) in [5.41, 5.74) is 1.90. The number of aromatic nitrogens is 2. The molecule has 1 aromatic heterocycles. The van der Waals surface area contributed by atoms with Gasteiger partial charge in [0.05, 0.1) is 25.0 Å². The number of rotatable bonds is 6. The quantitative estimate of drug-likeness (QED) is 0.319. The number of methoxy groups -OCH3 is 1. The van der Waals surface area contributed by atoms with Crippen molar-refractivity contribution in [3.05, 3.63) is 42.2 Å². The summed E-state index contributed by atoms with van der Waals surface area (Å²) >= 11 is 0. The van der Waals surface area contributed by atoms with Crippen LogP contribution in [-0.4, -0.2) is 59.8 Å². The molecule has 1 unspecified atom stereocenters. The molecule has 33 heavy (non-hydrogen) atoms. The van der Waals surface area contributed by atoms with Gasteiger partial charge in [0.2, 0.25) is 5.91 Å². The molecule has 1 saturated heterocycles. The number of carbonyl (C=O) groups excluding carboxylic acids is 1. The number of nitrogens with zero attached hydrogens (tertiary/aromatic N) is 4. The molecule has 2 N–H and O–H groups in total. The maximum Gasteiger partial charge on any atom is 0.225 e. The lowest BCUT2D eigenvalue weighted by Gasteiger charge is -2.26. The van der Waals surface area contributed by atoms with Gasteiger partial charge in [-0.2, -0.15) is 5.10 Å². The van der Waals surface area contributed by atoms with Crippen molar-refractivity contribution in [2.45, 2.75) is 51.1 Å². The topological polar surface area (TPSA) is 83.8 Å². The number of carbonyl (C=O) groups is 1. The van der Waals surface area contributed by atoms with E-state index in [9.17, 15) is 4.79 Å². The van der Waals surface area contributed by atoms with Crippen molar-refractivity contribution in [1.29, 1.82) is 0 Å². The summed E-state index contributed by atoms with van der Waals surface area (Å²) in [6, 6.07) is 10.0. The second-order valence-electron chi connectivity index (χ2n) is 8.62. The summed E-state index contributed by atoms with van der Waals surface area (Å²) in [6.45, 7) is 2.15. The number of amides is 1. The van der Waals surface area contributed by atoms with Crippen LogP contribution in [-0.2, 0) is 11.3 Å². The van der Waals surface area contributed by atoms with Gasteiger partial charge in [-0.05, 0) is 49.6 Å². The predicted octanol–water partition coefficient (Wildman–Crippen LogP) is 3.35. The monoisotopic (exact) mass is 566 g/mol. The Hall–Kier alpha value is -2.30. The van der Waals surface area contributed by atoms with Crippen LogP contribution in [0.1, 0.15) is 44.2 Å². The van der Waals surface area contributed by atoms with Gasteiger partial charge in [0, 0.05) is 38.3 Å². The summed E-state index contributed by atoms with van der Waals surface area (Å²) < 4.78 is 7.06. The van der Waals surface area contributed by atoms with Crippen molar-refractivity contribution >= 4 is 35.8 Å². The Morgan fingerprint density at radius 1 is 1.15 bits per heavy atom. The summed E-state index contributed by atoms with van der Waals surface area (Å²) in [4.78, 5) is 19.2. The molecule has 8 nitrogen and oxygen atoms in total. The van der Waals surface area contributed by atoms with E-state index in [1.807, 2.05) is 46.1 Å². The average molecular weight is 566 g/mol. The number of nitrogens with one attached hydrogen (secondary N) is 2. The minimum Gasteiger partial charge on any atom is -0.497 e. The molecule has 2 aliphatic rings. The van der Waals surface area contributed by atoms with Gasteiger partial charge in [0.15, 0.2) is 5.96 Å². The van der Waals surface area contributed by atoms with Crippen molar-refractivity contribution < 1.29 is 9.53 Å². The summed E-state index contributed by atoms with van der Waals surface area (Å²) in [7, 11) is 3.43. The van der Waals surface area contributed by atoms with Crippen LogP contribution in [0.3, 0.4) is 0 Å². The third-order valence-corrected chi connectivity index (χ3v) is 6.44. The highest BCUT2D eigenvalue weighted by Gasteiger charge is 2.31. The van der Waals surface area contributed by atoms with E-state index in [1.165, 1.54) is 19.3 Å². The van der Waals surface area contributed by atoms with Crippen LogP contribution in [0.5, 0.6) is 5.75 Å². The van der Waals surface area contributed by atoms with Crippen LogP contribution in [0, 0.1) is 5.92 Å². The smallest absolute Gasteiger partial charge is 0.225 e. The Kier molecular flexibility index (Phi) is 9.40. The first-order valence-corrected chi connectivity index (χ1v) is 11.6. The van der Waals surface area contributed by atoms with E-state index in [2.05, 4.69) is 20.7 Å². The highest BCUT2D eigenvalue weighted by molar-refractivity contribution is 14.0. The number of aliphatic imine (C=N–C) groups is 1. The first-order chi connectivity index (χ1) is 15.7. The Morgan fingerprint density at radius 3 is 2.61 bits per heavy atom. The van der Waals surface area contributed by atoms with Crippen LogP contribution in [0.4, 0.5) is 0 Å². The van der Waals surface area contributed by atoms with Gasteiger partial charge in [-0.1, -0.05) is 19.3 Å². The largest absolute Gasteiger partial charge is 0.497 e. The maximum atomic E-state index is 12.8. The van der Waals surface area contributed by atoms with Crippen LogP contribution in [0.15, 0.2) is 41.5 Å². The van der Waals surface area contributed by atoms with Crippen molar-refractivity contribution in [2.24, 2.45) is 10.9 Å². The minimum absolute atomic E-state index is 0. The molecule has 2 aromatic rings. The van der Waals surface area contributed by atoms with Gasteiger partial charge in [-0.3, -0.25) is 9.79 Å². The number of guanidine groups is 1. The first-order valence-electron chi connectivity index (χ1n) is 11.6. The van der Waals surface area contributed by atoms with Gasteiger partial charge in [-0.25, -0.2) is 4.68 Å². The minimum atomic E-state index is 0. The van der Waals surface area contributed by atoms with Crippen LogP contribution in [0.25, 0.3) is 5.69 Å². The van der Waals surface area contributed by atoms with Crippen LogP contribution >= 0.6 is 24.0 Å². The first kappa shape index (κ1) is 25.3. The third kappa shape index (κ3) is 6.61. The van der Waals surface area contributed by atoms with Gasteiger partial charge >= 0.3 is 0 Å². The molecule has 1 atom stereocenters. The molecule has 2 heterocycles. The third-order valence-electron chi connectivity index (χ3n) is 6.44. The Labute approximate surface area is 213 Å². The highest BCUT2D eigenvalue weighted by Crippen LogP contribution is 2.26. The molecule has 1 aliphatic carbocycles. The fourth-order valence-corrected chi connectivity index (χ4v) is 4.58. The zero-order valence-electron chi connectivity index (χ0n) is 19.5. The van der Waals surface area contributed by atoms with Gasteiger partial charge in [0.1, 0.15) is 5.75 Å². The number of halogens is 1. The number of ether oxygens (including phenoxy) is 1. The van der Waals surface area contributed by atoms with E-state index in [0.29, 0.717) is 12.5 Å². The predicted molar refractivity (Wildman–Crippen MR) is 140 cm³/mol. The SMILES string of the molecule is CN=C(NCc1ccn(-c2ccc(OC)cc2)n1)NC1CCN(C(=O)C2CCCCC2)C1.I. The second kappa shape index (κ2) is 12.2. The fraction of sp³-hybridized carbons (Fsp3) is 0.542. The molecule has 1 saturated carbocycles. The second-order valence-corrected chi connectivity index (χ2v) is 8.62. The lowest BCUT2D eigenvalue weighted by molar-refractivity contribution is -0.135. The number of hydrogen-bond donors (Lipinski definition) is 2. The molecule has 4 rings (SSSR count). The van der Waals surface area contributed by atoms with E-state index < -0.39 is 0 Å². The number of hydrogen-bond acceptors (Lipinski definition) is 4. The zero-order valence-corrected chi connectivity index (χ0v) is 21.8. The van der Waals surface area contributed by atoms with Gasteiger partial charge < -0.3 is 20.3 Å². The van der Waals surface area contributed by atoms with Crippen molar-refractivity contribution in [3.63, 3.8) is 0 Å². The van der Waals surface area contributed by atoms with E-state index >= 15 is 0 Å². The molecule has 2 fully saturated rings. The highest BCUT2D eigenvalue weighted by atomic mass is 127. The number of benzene rings is 1. The van der Waals surface area contributed by atoms with E-state index in [4.69, 9.17) is 4.74 Å². The van der Waals surface area contributed by atoms with Gasteiger partial charge in [-0.15, -0.1) is 24.0 Å².